The molecular formula is C39H38N2. The maximum absolute atomic E-state index is 6.15. The molecule has 0 saturated carbocycles. The summed E-state index contributed by atoms with van der Waals surface area (Å²) in [7, 11) is 0. The highest BCUT2D eigenvalue weighted by molar-refractivity contribution is 6.10. The summed E-state index contributed by atoms with van der Waals surface area (Å²) in [5, 5.41) is 2.54. The summed E-state index contributed by atoms with van der Waals surface area (Å²) >= 11 is 0. The van der Waals surface area contributed by atoms with Gasteiger partial charge in [0.1, 0.15) is 0 Å². The number of hydrogen-bond donors (Lipinski definition) is 1. The number of aryl methyl sites for hydroxylation is 2. The lowest BCUT2D eigenvalue weighted by atomic mass is 9.80. The SMILES string of the molecule is C=C1CC(C)(C)c2cc3c(cc21)C(C)(C)c1cc(N(c2ccc(N)cc2)c2ccc(C)cc2C)c2ccccc2c1-3. The highest BCUT2D eigenvalue weighted by Gasteiger charge is 2.41. The van der Waals surface area contributed by atoms with Crippen LogP contribution in [-0.4, -0.2) is 0 Å². The van der Waals surface area contributed by atoms with Gasteiger partial charge in [0.2, 0.25) is 0 Å². The molecule has 41 heavy (non-hydrogen) atoms. The Hall–Kier alpha value is -4.30. The number of nitrogen functional groups attached to an aromatic ring is 1. The molecule has 5 aromatic carbocycles. The third kappa shape index (κ3) is 3.70. The lowest BCUT2D eigenvalue weighted by Gasteiger charge is -2.31. The zero-order valence-corrected chi connectivity index (χ0v) is 25.0. The monoisotopic (exact) mass is 534 g/mol. The van der Waals surface area contributed by atoms with E-state index in [4.69, 9.17) is 5.73 Å². The molecule has 0 unspecified atom stereocenters. The first-order valence-electron chi connectivity index (χ1n) is 14.6. The summed E-state index contributed by atoms with van der Waals surface area (Å²) in [6.07, 6.45) is 1.02. The minimum Gasteiger partial charge on any atom is -0.399 e. The fourth-order valence-electron chi connectivity index (χ4n) is 7.46. The first-order valence-corrected chi connectivity index (χ1v) is 14.6. The summed E-state index contributed by atoms with van der Waals surface area (Å²) in [4.78, 5) is 2.42. The number of benzene rings is 5. The van der Waals surface area contributed by atoms with Gasteiger partial charge in [0.05, 0.1) is 5.69 Å². The van der Waals surface area contributed by atoms with Gasteiger partial charge in [-0.2, -0.15) is 0 Å². The normalized spacial score (nSPS) is 16.0. The fourth-order valence-corrected chi connectivity index (χ4v) is 7.46. The maximum Gasteiger partial charge on any atom is 0.0543 e. The smallest absolute Gasteiger partial charge is 0.0543 e. The molecule has 2 heteroatoms. The summed E-state index contributed by atoms with van der Waals surface area (Å²) in [5.74, 6) is 0. The summed E-state index contributed by atoms with van der Waals surface area (Å²) < 4.78 is 0. The van der Waals surface area contributed by atoms with E-state index in [9.17, 15) is 0 Å². The molecule has 0 bridgehead atoms. The van der Waals surface area contributed by atoms with Gasteiger partial charge in [-0.25, -0.2) is 0 Å². The largest absolute Gasteiger partial charge is 0.399 e. The molecule has 0 fully saturated rings. The van der Waals surface area contributed by atoms with Gasteiger partial charge in [0.25, 0.3) is 0 Å². The van der Waals surface area contributed by atoms with Gasteiger partial charge in [-0.15, -0.1) is 0 Å². The fraction of sp³-hybridized carbons (Fsp3) is 0.231. The van der Waals surface area contributed by atoms with Crippen molar-refractivity contribution in [1.82, 2.24) is 0 Å². The molecule has 2 aliphatic rings. The van der Waals surface area contributed by atoms with Crippen molar-refractivity contribution in [1.29, 1.82) is 0 Å². The van der Waals surface area contributed by atoms with Crippen molar-refractivity contribution in [2.24, 2.45) is 0 Å². The number of rotatable bonds is 3. The van der Waals surface area contributed by atoms with Gasteiger partial charge < -0.3 is 10.6 Å². The summed E-state index contributed by atoms with van der Waals surface area (Å²) in [5.41, 5.74) is 22.4. The molecule has 0 spiro atoms. The van der Waals surface area contributed by atoms with Crippen LogP contribution in [0, 0.1) is 13.8 Å². The van der Waals surface area contributed by atoms with Crippen LogP contribution in [0.15, 0.2) is 91.5 Å². The highest BCUT2D eigenvalue weighted by atomic mass is 15.1. The third-order valence-electron chi connectivity index (χ3n) is 9.55. The van der Waals surface area contributed by atoms with Crippen LogP contribution < -0.4 is 10.6 Å². The average molecular weight is 535 g/mol. The van der Waals surface area contributed by atoms with Crippen LogP contribution in [0.25, 0.3) is 27.5 Å². The number of anilines is 4. The number of allylic oxidation sites excluding steroid dienone is 1. The molecule has 7 rings (SSSR count). The van der Waals surface area contributed by atoms with Gasteiger partial charge in [0.15, 0.2) is 0 Å². The Morgan fingerprint density at radius 2 is 1.39 bits per heavy atom. The second kappa shape index (κ2) is 8.60. The van der Waals surface area contributed by atoms with E-state index in [0.717, 1.165) is 17.8 Å². The minimum atomic E-state index is -0.152. The van der Waals surface area contributed by atoms with Gasteiger partial charge >= 0.3 is 0 Å². The van der Waals surface area contributed by atoms with Crippen molar-refractivity contribution in [3.63, 3.8) is 0 Å². The van der Waals surface area contributed by atoms with Gasteiger partial charge in [-0.05, 0) is 124 Å². The highest BCUT2D eigenvalue weighted by Crippen LogP contribution is 2.57. The standard InChI is InChI=1S/C39H38N2/c1-23-12-17-35(24(2)18-23)41(27-15-13-26(40)14-16-27)36-21-34-37(29-11-9-8-10-28(29)36)31-20-32-30(19-33(31)39(34,6)7)25(3)22-38(32,4)5/h8-21H,3,22,40H2,1-2,4-7H3. The zero-order chi connectivity index (χ0) is 28.8. The zero-order valence-electron chi connectivity index (χ0n) is 25.0. The molecule has 0 saturated heterocycles. The maximum atomic E-state index is 6.15. The summed E-state index contributed by atoms with van der Waals surface area (Å²) in [6, 6.07) is 31.3. The number of nitrogens with zero attached hydrogens (tertiary/aromatic N) is 1. The Morgan fingerprint density at radius 3 is 2.10 bits per heavy atom. The third-order valence-corrected chi connectivity index (χ3v) is 9.55. The summed E-state index contributed by atoms with van der Waals surface area (Å²) in [6.45, 7) is 18.3. The molecule has 2 N–H and O–H groups in total. The minimum absolute atomic E-state index is 0.0962. The van der Waals surface area contributed by atoms with Gasteiger partial charge in [-0.3, -0.25) is 0 Å². The lowest BCUT2D eigenvalue weighted by molar-refractivity contribution is 0.563. The Kier molecular flexibility index (Phi) is 5.38. The van der Waals surface area contributed by atoms with Crippen LogP contribution in [0.3, 0.4) is 0 Å². The molecule has 2 nitrogen and oxygen atoms in total. The second-order valence-electron chi connectivity index (χ2n) is 13.3. The Balaban J connectivity index is 1.56. The molecule has 0 amide bonds. The molecule has 2 aliphatic carbocycles. The van der Waals surface area contributed by atoms with E-state index in [1.165, 1.54) is 72.2 Å². The van der Waals surface area contributed by atoms with Gasteiger partial charge in [-0.1, -0.05) is 76.2 Å². The molecule has 0 heterocycles. The topological polar surface area (TPSA) is 29.3 Å². The van der Waals surface area contributed by atoms with Crippen molar-refractivity contribution in [2.45, 2.75) is 58.8 Å². The van der Waals surface area contributed by atoms with E-state index in [2.05, 4.69) is 126 Å². The van der Waals surface area contributed by atoms with Crippen LogP contribution >= 0.6 is 0 Å². The van der Waals surface area contributed by atoms with Crippen molar-refractivity contribution < 1.29 is 0 Å². The predicted octanol–water partition coefficient (Wildman–Crippen LogP) is 10.5. The van der Waals surface area contributed by atoms with E-state index in [-0.39, 0.29) is 10.8 Å². The Labute approximate surface area is 244 Å². The Bertz CT molecular complexity index is 1900. The van der Waals surface area contributed by atoms with Crippen LogP contribution in [-0.2, 0) is 10.8 Å². The second-order valence-corrected chi connectivity index (χ2v) is 13.3. The van der Waals surface area contributed by atoms with Crippen molar-refractivity contribution >= 4 is 39.1 Å². The molecule has 0 aromatic heterocycles. The molecule has 5 aromatic rings. The molecule has 0 atom stereocenters. The molecule has 0 radical (unpaired) electrons. The number of hydrogen-bond acceptors (Lipinski definition) is 2. The van der Waals surface area contributed by atoms with E-state index in [1.54, 1.807) is 0 Å². The van der Waals surface area contributed by atoms with Crippen LogP contribution in [0.1, 0.15) is 67.5 Å². The van der Waals surface area contributed by atoms with Gasteiger partial charge in [0, 0.05) is 27.9 Å². The molecule has 0 aliphatic heterocycles. The first-order chi connectivity index (χ1) is 19.5. The quantitative estimate of drug-likeness (QED) is 0.233. The first kappa shape index (κ1) is 25.7. The molecular weight excluding hydrogens is 496 g/mol. The van der Waals surface area contributed by atoms with Crippen LogP contribution in [0.2, 0.25) is 0 Å². The lowest BCUT2D eigenvalue weighted by Crippen LogP contribution is -2.18. The van der Waals surface area contributed by atoms with Crippen molar-refractivity contribution in [2.75, 3.05) is 10.6 Å². The van der Waals surface area contributed by atoms with Crippen molar-refractivity contribution in [3.05, 3.63) is 125 Å². The van der Waals surface area contributed by atoms with Crippen molar-refractivity contribution in [3.8, 4) is 11.1 Å². The Morgan fingerprint density at radius 1 is 0.707 bits per heavy atom. The van der Waals surface area contributed by atoms with E-state index in [1.807, 2.05) is 12.1 Å². The number of nitrogens with two attached hydrogens (primary N) is 1. The van der Waals surface area contributed by atoms with Crippen LogP contribution in [0.5, 0.6) is 0 Å². The predicted molar refractivity (Wildman–Crippen MR) is 177 cm³/mol. The van der Waals surface area contributed by atoms with E-state index in [0.29, 0.717) is 0 Å². The molecule has 204 valence electrons. The van der Waals surface area contributed by atoms with E-state index < -0.39 is 0 Å². The number of fused-ring (bicyclic) bond motifs is 6. The average Bonchev–Trinajstić information content (AvgIpc) is 3.30. The van der Waals surface area contributed by atoms with Crippen LogP contribution in [0.4, 0.5) is 22.7 Å². The van der Waals surface area contributed by atoms with E-state index >= 15 is 0 Å².